The molecule has 0 saturated heterocycles. The summed E-state index contributed by atoms with van der Waals surface area (Å²) >= 11 is 12.0. The molecule has 26 heavy (non-hydrogen) atoms. The van der Waals surface area contributed by atoms with Crippen LogP contribution in [0.4, 0.5) is 0 Å². The van der Waals surface area contributed by atoms with Gasteiger partial charge in [0.15, 0.2) is 0 Å². The first-order chi connectivity index (χ1) is 12.7. The Morgan fingerprint density at radius 1 is 0.846 bits per heavy atom. The molecule has 1 aromatic rings. The molecule has 1 aliphatic rings. The van der Waals surface area contributed by atoms with E-state index < -0.39 is 0 Å². The van der Waals surface area contributed by atoms with Gasteiger partial charge in [0.2, 0.25) is 0 Å². The van der Waals surface area contributed by atoms with Crippen LogP contribution >= 0.6 is 23.2 Å². The van der Waals surface area contributed by atoms with Crippen LogP contribution in [0.3, 0.4) is 0 Å². The molecular formula is C24H40Cl2. The van der Waals surface area contributed by atoms with Crippen LogP contribution in [-0.2, 0) is 0 Å². The molecule has 150 valence electrons. The summed E-state index contributed by atoms with van der Waals surface area (Å²) in [6.07, 6.45) is 18.1. The normalized spacial score (nSPS) is 19.5. The zero-order chi connectivity index (χ0) is 19.0. The highest BCUT2D eigenvalue weighted by molar-refractivity contribution is 6.30. The molecule has 3 atom stereocenters. The predicted octanol–water partition coefficient (Wildman–Crippen LogP) is 9.29. The first kappa shape index (κ1) is 23.8. The van der Waals surface area contributed by atoms with Gasteiger partial charge in [-0.15, -0.1) is 11.6 Å². The van der Waals surface area contributed by atoms with Crippen molar-refractivity contribution in [1.82, 2.24) is 0 Å². The van der Waals surface area contributed by atoms with E-state index in [0.29, 0.717) is 5.38 Å². The molecule has 0 aromatic heterocycles. The molecule has 0 nitrogen and oxygen atoms in total. The molecule has 0 amide bonds. The first-order valence-corrected chi connectivity index (χ1v) is 11.8. The lowest BCUT2D eigenvalue weighted by atomic mass is 10.0. The zero-order valence-corrected chi connectivity index (χ0v) is 18.6. The van der Waals surface area contributed by atoms with Gasteiger partial charge in [-0.05, 0) is 43.2 Å². The van der Waals surface area contributed by atoms with Gasteiger partial charge in [-0.25, -0.2) is 0 Å². The van der Waals surface area contributed by atoms with Crippen molar-refractivity contribution >= 4 is 23.2 Å². The van der Waals surface area contributed by atoms with E-state index in [1.54, 1.807) is 0 Å². The summed E-state index contributed by atoms with van der Waals surface area (Å²) in [6.45, 7) is 4.57. The lowest BCUT2D eigenvalue weighted by molar-refractivity contribution is 0.522. The minimum absolute atomic E-state index is 0.465. The minimum Gasteiger partial charge on any atom is -0.123 e. The highest BCUT2D eigenvalue weighted by Crippen LogP contribution is 2.46. The predicted molar refractivity (Wildman–Crippen MR) is 119 cm³/mol. The van der Waals surface area contributed by atoms with Crippen LogP contribution in [0.25, 0.3) is 0 Å². The van der Waals surface area contributed by atoms with Crippen LogP contribution in [0.1, 0.15) is 97.3 Å². The average Bonchev–Trinajstić information content (AvgIpc) is 3.37. The largest absolute Gasteiger partial charge is 0.123 e. The highest BCUT2D eigenvalue weighted by atomic mass is 35.5. The Morgan fingerprint density at radius 3 is 2.04 bits per heavy atom. The monoisotopic (exact) mass is 398 g/mol. The fraction of sp³-hybridized carbons (Fsp3) is 0.750. The number of rotatable bonds is 13. The Morgan fingerprint density at radius 2 is 1.46 bits per heavy atom. The van der Waals surface area contributed by atoms with Crippen LogP contribution in [0.2, 0.25) is 5.02 Å². The van der Waals surface area contributed by atoms with Gasteiger partial charge in [0, 0.05) is 10.4 Å². The van der Waals surface area contributed by atoms with Gasteiger partial charge in [0.05, 0.1) is 0 Å². The lowest BCUT2D eigenvalue weighted by Crippen LogP contribution is -2.01. The van der Waals surface area contributed by atoms with Gasteiger partial charge in [-0.2, -0.15) is 0 Å². The van der Waals surface area contributed by atoms with Crippen molar-refractivity contribution < 1.29 is 0 Å². The van der Waals surface area contributed by atoms with Crippen molar-refractivity contribution in [2.24, 2.45) is 11.8 Å². The van der Waals surface area contributed by atoms with Crippen molar-refractivity contribution in [3.63, 3.8) is 0 Å². The number of unbranched alkanes of at least 4 members (excludes halogenated alkanes) is 7. The third kappa shape index (κ3) is 13.0. The van der Waals surface area contributed by atoms with Gasteiger partial charge >= 0.3 is 0 Å². The number of benzene rings is 1. The quantitative estimate of drug-likeness (QED) is 0.229. The number of alkyl halides is 1. The maximum Gasteiger partial charge on any atom is 0.0405 e. The molecule has 1 saturated carbocycles. The molecule has 2 heteroatoms. The zero-order valence-electron chi connectivity index (χ0n) is 17.1. The molecule has 3 unspecified atom stereocenters. The average molecular weight is 399 g/mol. The third-order valence-corrected chi connectivity index (χ3v) is 6.06. The van der Waals surface area contributed by atoms with Crippen molar-refractivity contribution in [2.75, 3.05) is 0 Å². The Labute approximate surface area is 173 Å². The maximum atomic E-state index is 6.48. The molecule has 1 aliphatic carbocycles. The van der Waals surface area contributed by atoms with Crippen molar-refractivity contribution in [1.29, 1.82) is 0 Å². The number of halogens is 2. The van der Waals surface area contributed by atoms with Crippen LogP contribution in [0, 0.1) is 11.8 Å². The molecule has 2 rings (SSSR count). The van der Waals surface area contributed by atoms with E-state index in [-0.39, 0.29) is 0 Å². The minimum atomic E-state index is 0.465. The Bertz CT molecular complexity index is 417. The van der Waals surface area contributed by atoms with Crippen molar-refractivity contribution in [3.05, 3.63) is 35.4 Å². The van der Waals surface area contributed by atoms with Crippen LogP contribution in [0.5, 0.6) is 0 Å². The summed E-state index contributed by atoms with van der Waals surface area (Å²) in [5, 5.41) is 1.26. The molecule has 0 bridgehead atoms. The second kappa shape index (κ2) is 15.8. The molecule has 1 aromatic carbocycles. The van der Waals surface area contributed by atoms with E-state index in [1.165, 1.54) is 83.5 Å². The lowest BCUT2D eigenvalue weighted by Gasteiger charge is -2.09. The van der Waals surface area contributed by atoms with Gasteiger partial charge < -0.3 is 0 Å². The van der Waals surface area contributed by atoms with Gasteiger partial charge in [-0.3, -0.25) is 0 Å². The maximum absolute atomic E-state index is 6.48. The van der Waals surface area contributed by atoms with Gasteiger partial charge in [0.25, 0.3) is 0 Å². The number of hydrogen-bond donors (Lipinski definition) is 0. The standard InChI is InChI=1S/C18H35Cl.C6H5Cl/c1-3-5-7-9-11-13-18(19)15-17-14-16(17)12-10-8-6-4-2;7-6-4-2-1-3-5-6/h16-18H,3-15H2,1-2H3;1-5H. The van der Waals surface area contributed by atoms with E-state index in [4.69, 9.17) is 23.2 Å². The molecule has 0 N–H and O–H groups in total. The summed E-state index contributed by atoms with van der Waals surface area (Å²) in [7, 11) is 0. The molecule has 0 heterocycles. The Hall–Kier alpha value is -0.200. The van der Waals surface area contributed by atoms with E-state index in [1.807, 2.05) is 30.3 Å². The molecule has 0 aliphatic heterocycles. The van der Waals surface area contributed by atoms with Crippen LogP contribution < -0.4 is 0 Å². The summed E-state index contributed by atoms with van der Waals surface area (Å²) in [4.78, 5) is 0. The smallest absolute Gasteiger partial charge is 0.0405 e. The van der Waals surface area contributed by atoms with Crippen molar-refractivity contribution in [2.45, 2.75) is 103 Å². The molecule has 0 radical (unpaired) electrons. The van der Waals surface area contributed by atoms with E-state index in [0.717, 1.165) is 16.9 Å². The Balaban J connectivity index is 0.000000401. The van der Waals surface area contributed by atoms with Crippen molar-refractivity contribution in [3.8, 4) is 0 Å². The second-order valence-electron chi connectivity index (χ2n) is 7.94. The molecule has 0 spiro atoms. The summed E-state index contributed by atoms with van der Waals surface area (Å²) in [6, 6.07) is 9.44. The molecule has 1 fully saturated rings. The fourth-order valence-corrected chi connectivity index (χ4v) is 4.14. The highest BCUT2D eigenvalue weighted by Gasteiger charge is 2.36. The van der Waals surface area contributed by atoms with Crippen LogP contribution in [-0.4, -0.2) is 5.38 Å². The van der Waals surface area contributed by atoms with Gasteiger partial charge in [-0.1, -0.05) is 108 Å². The topological polar surface area (TPSA) is 0 Å². The summed E-state index contributed by atoms with van der Waals surface area (Å²) in [5.74, 6) is 2.03. The summed E-state index contributed by atoms with van der Waals surface area (Å²) < 4.78 is 0. The van der Waals surface area contributed by atoms with E-state index >= 15 is 0 Å². The van der Waals surface area contributed by atoms with Crippen LogP contribution in [0.15, 0.2) is 30.3 Å². The third-order valence-electron chi connectivity index (χ3n) is 5.41. The number of hydrogen-bond acceptors (Lipinski definition) is 0. The second-order valence-corrected chi connectivity index (χ2v) is 8.99. The SMILES string of the molecule is CCCCCCCC(Cl)CC1CC1CCCCCC.Clc1ccccc1. The van der Waals surface area contributed by atoms with Gasteiger partial charge in [0.1, 0.15) is 0 Å². The van der Waals surface area contributed by atoms with E-state index in [9.17, 15) is 0 Å². The van der Waals surface area contributed by atoms with E-state index in [2.05, 4.69) is 13.8 Å². The Kier molecular flexibility index (Phi) is 14.5. The fourth-order valence-electron chi connectivity index (χ4n) is 3.62. The first-order valence-electron chi connectivity index (χ1n) is 11.0. The summed E-state index contributed by atoms with van der Waals surface area (Å²) in [5.41, 5.74) is 0. The molecular weight excluding hydrogens is 359 g/mol.